The Morgan fingerprint density at radius 3 is 1.70 bits per heavy atom. The molecule has 218 valence electrons. The Morgan fingerprint density at radius 1 is 0.591 bits per heavy atom. The Kier molecular flexibility index (Phi) is 5.61. The van der Waals surface area contributed by atoms with Gasteiger partial charge in [-0.05, 0) is 58.2 Å². The zero-order valence-electron chi connectivity index (χ0n) is 26.7. The van der Waals surface area contributed by atoms with Gasteiger partial charge in [0.05, 0.1) is 33.5 Å². The van der Waals surface area contributed by atoms with Crippen molar-refractivity contribution < 1.29 is 0 Å². The average molecular weight is 576 g/mol. The molecule has 5 nitrogen and oxygen atoms in total. The fourth-order valence-corrected chi connectivity index (χ4v) is 8.05. The number of nitrogens with zero attached hydrogens (tertiary/aromatic N) is 5. The van der Waals surface area contributed by atoms with Crippen LogP contribution in [0, 0.1) is 33.5 Å². The van der Waals surface area contributed by atoms with Crippen LogP contribution in [0.5, 0.6) is 0 Å². The number of rotatable bonds is 2. The maximum Gasteiger partial charge on any atom is 0.145 e. The molecule has 3 aromatic heterocycles. The number of hydrogen-bond donors (Lipinski definition) is 0. The molecule has 3 aromatic carbocycles. The summed E-state index contributed by atoms with van der Waals surface area (Å²) in [5.74, 6) is 0. The molecule has 0 radical (unpaired) electrons. The SMILES string of the molecule is CC1(C)c2c(n(-c3cc(C#N)c(C#N)cc3-n3c4ccccc4c4cccnc43)c3ccccc23)C(C)(C)C(C)(C)C1(C)C. The van der Waals surface area contributed by atoms with Crippen LogP contribution in [0.2, 0.25) is 0 Å². The molecule has 6 aromatic rings. The maximum absolute atomic E-state index is 10.3. The summed E-state index contributed by atoms with van der Waals surface area (Å²) in [7, 11) is 0. The van der Waals surface area contributed by atoms with E-state index in [1.807, 2.05) is 36.5 Å². The van der Waals surface area contributed by atoms with Crippen LogP contribution in [-0.2, 0) is 10.8 Å². The number of benzene rings is 3. The van der Waals surface area contributed by atoms with Gasteiger partial charge in [0.1, 0.15) is 17.8 Å². The molecule has 44 heavy (non-hydrogen) atoms. The van der Waals surface area contributed by atoms with Gasteiger partial charge >= 0.3 is 0 Å². The molecule has 1 aliphatic carbocycles. The highest BCUT2D eigenvalue weighted by molar-refractivity contribution is 6.08. The lowest BCUT2D eigenvalue weighted by Crippen LogP contribution is -2.60. The van der Waals surface area contributed by atoms with Crippen molar-refractivity contribution in [2.24, 2.45) is 10.8 Å². The van der Waals surface area contributed by atoms with Gasteiger partial charge in [-0.25, -0.2) is 4.98 Å². The van der Waals surface area contributed by atoms with Crippen molar-refractivity contribution in [1.29, 1.82) is 10.5 Å². The first-order valence-corrected chi connectivity index (χ1v) is 15.3. The van der Waals surface area contributed by atoms with Crippen molar-refractivity contribution in [3.63, 3.8) is 0 Å². The van der Waals surface area contributed by atoms with Crippen molar-refractivity contribution in [1.82, 2.24) is 14.1 Å². The summed E-state index contributed by atoms with van der Waals surface area (Å²) in [6.07, 6.45) is 1.81. The van der Waals surface area contributed by atoms with Crippen molar-refractivity contribution in [3.8, 4) is 23.5 Å². The molecule has 5 heteroatoms. The Labute approximate surface area is 259 Å². The molecular formula is C39H37N5. The fourth-order valence-electron chi connectivity index (χ4n) is 8.05. The summed E-state index contributed by atoms with van der Waals surface area (Å²) in [5, 5.41) is 23.9. The second-order valence-electron chi connectivity index (χ2n) is 14.4. The third-order valence-electron chi connectivity index (χ3n) is 12.1. The highest BCUT2D eigenvalue weighted by Gasteiger charge is 2.62. The van der Waals surface area contributed by atoms with E-state index in [0.29, 0.717) is 11.1 Å². The largest absolute Gasteiger partial charge is 0.311 e. The van der Waals surface area contributed by atoms with E-state index in [1.54, 1.807) is 0 Å². The first kappa shape index (κ1) is 27.9. The van der Waals surface area contributed by atoms with Gasteiger partial charge in [-0.3, -0.25) is 4.57 Å². The Hall–Kier alpha value is -4.87. The Balaban J connectivity index is 1.74. The number of fused-ring (bicyclic) bond motifs is 6. The molecule has 0 saturated carbocycles. The standard InChI is InChI=1S/C39H37N5/c1-36(2)33-28-15-10-12-18-30(28)43(34(33)37(3,4)39(7,8)38(36,5)6)31-20-24(22-40)25(23-41)21-32(31)44-29-17-11-9-14-26(29)27-16-13-19-42-35(27)44/h9-21H,1-8H3. The van der Waals surface area contributed by atoms with Crippen molar-refractivity contribution in [2.45, 2.75) is 66.2 Å². The van der Waals surface area contributed by atoms with Crippen LogP contribution in [-0.4, -0.2) is 14.1 Å². The number of nitriles is 2. The summed E-state index contributed by atoms with van der Waals surface area (Å²) in [6, 6.07) is 29.5. The average Bonchev–Trinajstić information content (AvgIpc) is 3.54. The van der Waals surface area contributed by atoms with Gasteiger partial charge < -0.3 is 4.57 Å². The Morgan fingerprint density at radius 2 is 1.09 bits per heavy atom. The van der Waals surface area contributed by atoms with E-state index >= 15 is 0 Å². The lowest BCUT2D eigenvalue weighted by Gasteiger charge is -2.63. The zero-order chi connectivity index (χ0) is 31.4. The van der Waals surface area contributed by atoms with Gasteiger partial charge in [0, 0.05) is 33.5 Å². The van der Waals surface area contributed by atoms with Gasteiger partial charge in [0.25, 0.3) is 0 Å². The van der Waals surface area contributed by atoms with E-state index in [1.165, 1.54) is 16.6 Å². The van der Waals surface area contributed by atoms with Gasteiger partial charge in [-0.15, -0.1) is 0 Å². The first-order valence-electron chi connectivity index (χ1n) is 15.3. The highest BCUT2D eigenvalue weighted by atomic mass is 15.1. The summed E-state index contributed by atoms with van der Waals surface area (Å²) < 4.78 is 4.56. The minimum Gasteiger partial charge on any atom is -0.311 e. The first-order chi connectivity index (χ1) is 20.8. The molecule has 0 amide bonds. The number of para-hydroxylation sites is 2. The van der Waals surface area contributed by atoms with Crippen LogP contribution in [0.1, 0.15) is 77.8 Å². The molecule has 0 unspecified atom stereocenters. The van der Waals surface area contributed by atoms with E-state index in [0.717, 1.165) is 38.8 Å². The van der Waals surface area contributed by atoms with Crippen LogP contribution in [0.3, 0.4) is 0 Å². The zero-order valence-corrected chi connectivity index (χ0v) is 26.7. The van der Waals surface area contributed by atoms with Gasteiger partial charge in [0.2, 0.25) is 0 Å². The van der Waals surface area contributed by atoms with Crippen LogP contribution < -0.4 is 0 Å². The van der Waals surface area contributed by atoms with Gasteiger partial charge in [0.15, 0.2) is 0 Å². The normalized spacial score (nSPS) is 17.8. The molecule has 7 rings (SSSR count). The summed E-state index contributed by atoms with van der Waals surface area (Å²) >= 11 is 0. The smallest absolute Gasteiger partial charge is 0.145 e. The molecule has 0 saturated heterocycles. The van der Waals surface area contributed by atoms with Crippen molar-refractivity contribution in [3.05, 3.63) is 101 Å². The lowest BCUT2D eigenvalue weighted by molar-refractivity contribution is -0.0458. The third-order valence-corrected chi connectivity index (χ3v) is 12.1. The Bertz CT molecular complexity index is 2200. The number of aromatic nitrogens is 3. The van der Waals surface area contributed by atoms with Gasteiger partial charge in [-0.1, -0.05) is 91.8 Å². The van der Waals surface area contributed by atoms with Crippen molar-refractivity contribution in [2.75, 3.05) is 0 Å². The van der Waals surface area contributed by atoms with E-state index in [2.05, 4.69) is 119 Å². The van der Waals surface area contributed by atoms with Gasteiger partial charge in [-0.2, -0.15) is 10.5 Å². The lowest BCUT2D eigenvalue weighted by atomic mass is 9.41. The molecule has 1 aliphatic rings. The monoisotopic (exact) mass is 575 g/mol. The number of hydrogen-bond acceptors (Lipinski definition) is 3. The van der Waals surface area contributed by atoms with Crippen LogP contribution >= 0.6 is 0 Å². The van der Waals surface area contributed by atoms with Crippen LogP contribution in [0.25, 0.3) is 44.2 Å². The van der Waals surface area contributed by atoms with Crippen molar-refractivity contribution >= 4 is 32.8 Å². The minimum atomic E-state index is -0.266. The summed E-state index contributed by atoms with van der Waals surface area (Å²) in [6.45, 7) is 19.1. The molecule has 0 N–H and O–H groups in total. The summed E-state index contributed by atoms with van der Waals surface area (Å²) in [5.41, 5.74) is 7.30. The van der Waals surface area contributed by atoms with E-state index in [-0.39, 0.29) is 21.7 Å². The predicted octanol–water partition coefficient (Wildman–Crippen LogP) is 9.49. The molecular weight excluding hydrogens is 538 g/mol. The second-order valence-corrected chi connectivity index (χ2v) is 14.4. The van der Waals surface area contributed by atoms with E-state index in [4.69, 9.17) is 4.98 Å². The van der Waals surface area contributed by atoms with E-state index < -0.39 is 0 Å². The molecule has 0 spiro atoms. The van der Waals surface area contributed by atoms with Crippen LogP contribution in [0.4, 0.5) is 0 Å². The molecule has 0 atom stereocenters. The van der Waals surface area contributed by atoms with E-state index in [9.17, 15) is 10.5 Å². The minimum absolute atomic E-state index is 0.0481. The quantitative estimate of drug-likeness (QED) is 0.206. The number of pyridine rings is 1. The summed E-state index contributed by atoms with van der Waals surface area (Å²) in [4.78, 5) is 4.86. The highest BCUT2D eigenvalue weighted by Crippen LogP contribution is 2.67. The molecule has 0 aliphatic heterocycles. The fraction of sp³-hybridized carbons (Fsp3) is 0.308. The maximum atomic E-state index is 10.3. The topological polar surface area (TPSA) is 70.3 Å². The molecule has 3 heterocycles. The second kappa shape index (κ2) is 8.84. The van der Waals surface area contributed by atoms with Crippen LogP contribution in [0.15, 0.2) is 79.0 Å². The third kappa shape index (κ3) is 3.20. The molecule has 0 bridgehead atoms. The molecule has 0 fully saturated rings. The predicted molar refractivity (Wildman–Crippen MR) is 178 cm³/mol.